The second-order valence-corrected chi connectivity index (χ2v) is 5.61. The first-order chi connectivity index (χ1) is 11.6. The van der Waals surface area contributed by atoms with Gasteiger partial charge in [0, 0.05) is 13.7 Å². The van der Waals surface area contributed by atoms with Crippen LogP contribution < -0.4 is 20.1 Å². The van der Waals surface area contributed by atoms with Crippen LogP contribution in [0.3, 0.4) is 0 Å². The highest BCUT2D eigenvalue weighted by Gasteiger charge is 2.56. The number of carbonyl (C=O) groups is 2. The summed E-state index contributed by atoms with van der Waals surface area (Å²) in [5.41, 5.74) is -0.909. The number of nitrogens with one attached hydrogen (secondary N) is 2. The van der Waals surface area contributed by atoms with E-state index >= 15 is 0 Å². The quantitative estimate of drug-likeness (QED) is 0.486. The van der Waals surface area contributed by atoms with Gasteiger partial charge in [-0.2, -0.15) is 0 Å². The molecule has 0 bridgehead atoms. The predicted octanol–water partition coefficient (Wildman–Crippen LogP) is 0.733. The van der Waals surface area contributed by atoms with Crippen molar-refractivity contribution in [3.8, 4) is 11.5 Å². The summed E-state index contributed by atoms with van der Waals surface area (Å²) in [5, 5.41) is 5.50. The van der Waals surface area contributed by atoms with E-state index in [0.717, 1.165) is 5.75 Å². The largest absolute Gasteiger partial charge is 0.497 e. The fourth-order valence-corrected chi connectivity index (χ4v) is 2.29. The summed E-state index contributed by atoms with van der Waals surface area (Å²) in [7, 11) is 3.17. The summed E-state index contributed by atoms with van der Waals surface area (Å²) in [6.45, 7) is 1.52. The molecule has 0 atom stereocenters. The molecule has 7 heteroatoms. The van der Waals surface area contributed by atoms with Gasteiger partial charge in [-0.25, -0.2) is 0 Å². The standard InChI is InChI=1S/C17H24N2O5/c1-22-11-9-18-15(20)17(7-8-17)16(21)19-10-12-24-14-5-3-13(23-2)4-6-14/h3-6H,7-12H2,1-2H3,(H,18,20)(H,19,21). The summed E-state index contributed by atoms with van der Waals surface area (Å²) in [5.74, 6) is 0.984. The Morgan fingerprint density at radius 1 is 0.958 bits per heavy atom. The molecule has 1 fully saturated rings. The Balaban J connectivity index is 1.69. The third-order valence-electron chi connectivity index (χ3n) is 3.93. The van der Waals surface area contributed by atoms with E-state index in [4.69, 9.17) is 14.2 Å². The molecule has 0 heterocycles. The van der Waals surface area contributed by atoms with Crippen LogP contribution in [0, 0.1) is 5.41 Å². The van der Waals surface area contributed by atoms with Gasteiger partial charge in [-0.3, -0.25) is 9.59 Å². The fraction of sp³-hybridized carbons (Fsp3) is 0.529. The van der Waals surface area contributed by atoms with Crippen LogP contribution in [0.25, 0.3) is 0 Å². The molecule has 0 unspecified atom stereocenters. The maximum absolute atomic E-state index is 12.2. The van der Waals surface area contributed by atoms with Crippen LogP contribution in [0.2, 0.25) is 0 Å². The van der Waals surface area contributed by atoms with Gasteiger partial charge in [0.25, 0.3) is 0 Å². The average Bonchev–Trinajstić information content (AvgIpc) is 3.41. The average molecular weight is 336 g/mol. The van der Waals surface area contributed by atoms with Crippen molar-refractivity contribution in [2.24, 2.45) is 5.41 Å². The van der Waals surface area contributed by atoms with Crippen LogP contribution in [0.1, 0.15) is 12.8 Å². The molecule has 2 amide bonds. The topological polar surface area (TPSA) is 85.9 Å². The summed E-state index contributed by atoms with van der Waals surface area (Å²) in [6, 6.07) is 7.20. The maximum Gasteiger partial charge on any atom is 0.235 e. The zero-order valence-electron chi connectivity index (χ0n) is 14.1. The van der Waals surface area contributed by atoms with E-state index < -0.39 is 5.41 Å². The summed E-state index contributed by atoms with van der Waals surface area (Å²) >= 11 is 0. The van der Waals surface area contributed by atoms with Crippen molar-refractivity contribution < 1.29 is 23.8 Å². The van der Waals surface area contributed by atoms with Crippen molar-refractivity contribution in [1.29, 1.82) is 0 Å². The van der Waals surface area contributed by atoms with Crippen molar-refractivity contribution in [2.75, 3.05) is 40.5 Å². The number of benzene rings is 1. The second kappa shape index (κ2) is 8.54. The zero-order valence-corrected chi connectivity index (χ0v) is 14.1. The SMILES string of the molecule is COCCNC(=O)C1(C(=O)NCCOc2ccc(OC)cc2)CC1. The Kier molecular flexibility index (Phi) is 6.43. The van der Waals surface area contributed by atoms with E-state index in [1.54, 1.807) is 38.5 Å². The number of hydrogen-bond donors (Lipinski definition) is 2. The van der Waals surface area contributed by atoms with E-state index in [9.17, 15) is 9.59 Å². The summed E-state index contributed by atoms with van der Waals surface area (Å²) < 4.78 is 15.5. The van der Waals surface area contributed by atoms with Gasteiger partial charge in [0.1, 0.15) is 23.5 Å². The first-order valence-electron chi connectivity index (χ1n) is 7.95. The van der Waals surface area contributed by atoms with Crippen molar-refractivity contribution in [1.82, 2.24) is 10.6 Å². The van der Waals surface area contributed by atoms with E-state index in [0.29, 0.717) is 44.9 Å². The Bertz CT molecular complexity index is 555. The van der Waals surface area contributed by atoms with Gasteiger partial charge in [-0.15, -0.1) is 0 Å². The Morgan fingerprint density at radius 2 is 1.50 bits per heavy atom. The van der Waals surface area contributed by atoms with Crippen LogP contribution >= 0.6 is 0 Å². The molecule has 1 aromatic rings. The molecular weight excluding hydrogens is 312 g/mol. The molecule has 0 radical (unpaired) electrons. The lowest BCUT2D eigenvalue weighted by Crippen LogP contribution is -2.44. The van der Waals surface area contributed by atoms with E-state index in [1.165, 1.54) is 0 Å². The third kappa shape index (κ3) is 4.61. The molecule has 132 valence electrons. The van der Waals surface area contributed by atoms with Crippen LogP contribution in [0.15, 0.2) is 24.3 Å². The molecule has 1 aliphatic carbocycles. The zero-order chi connectivity index (χ0) is 17.4. The number of methoxy groups -OCH3 is 2. The van der Waals surface area contributed by atoms with Crippen molar-refractivity contribution in [2.45, 2.75) is 12.8 Å². The van der Waals surface area contributed by atoms with E-state index in [1.807, 2.05) is 0 Å². The molecule has 0 aromatic heterocycles. The minimum atomic E-state index is -0.909. The lowest BCUT2D eigenvalue weighted by atomic mass is 10.1. The van der Waals surface area contributed by atoms with E-state index in [-0.39, 0.29) is 11.8 Å². The number of hydrogen-bond acceptors (Lipinski definition) is 5. The molecule has 2 rings (SSSR count). The normalized spacial score (nSPS) is 14.6. The molecule has 2 N–H and O–H groups in total. The van der Waals surface area contributed by atoms with Crippen LogP contribution in [0.5, 0.6) is 11.5 Å². The van der Waals surface area contributed by atoms with Gasteiger partial charge in [0.15, 0.2) is 0 Å². The molecule has 1 saturated carbocycles. The third-order valence-corrected chi connectivity index (χ3v) is 3.93. The molecule has 0 saturated heterocycles. The Morgan fingerprint density at radius 3 is 2.00 bits per heavy atom. The number of carbonyl (C=O) groups excluding carboxylic acids is 2. The number of ether oxygens (including phenoxy) is 3. The predicted molar refractivity (Wildman–Crippen MR) is 88.1 cm³/mol. The van der Waals surface area contributed by atoms with Crippen molar-refractivity contribution in [3.05, 3.63) is 24.3 Å². The smallest absolute Gasteiger partial charge is 0.235 e. The lowest BCUT2D eigenvalue weighted by Gasteiger charge is -2.15. The minimum absolute atomic E-state index is 0.229. The minimum Gasteiger partial charge on any atom is -0.497 e. The van der Waals surface area contributed by atoms with Gasteiger partial charge in [-0.05, 0) is 37.1 Å². The molecule has 0 spiro atoms. The first kappa shape index (κ1) is 18.1. The summed E-state index contributed by atoms with van der Waals surface area (Å²) in [4.78, 5) is 24.3. The monoisotopic (exact) mass is 336 g/mol. The molecule has 1 aliphatic rings. The van der Waals surface area contributed by atoms with Crippen molar-refractivity contribution >= 4 is 11.8 Å². The van der Waals surface area contributed by atoms with Crippen LogP contribution in [-0.2, 0) is 14.3 Å². The Hall–Kier alpha value is -2.28. The molecule has 7 nitrogen and oxygen atoms in total. The maximum atomic E-state index is 12.2. The van der Waals surface area contributed by atoms with Gasteiger partial charge in [0.05, 0.1) is 20.3 Å². The van der Waals surface area contributed by atoms with Gasteiger partial charge >= 0.3 is 0 Å². The molecule has 1 aromatic carbocycles. The fourth-order valence-electron chi connectivity index (χ4n) is 2.29. The van der Waals surface area contributed by atoms with E-state index in [2.05, 4.69) is 10.6 Å². The summed E-state index contributed by atoms with van der Waals surface area (Å²) in [6.07, 6.45) is 1.16. The van der Waals surface area contributed by atoms with Crippen molar-refractivity contribution in [3.63, 3.8) is 0 Å². The van der Waals surface area contributed by atoms with Gasteiger partial charge in [-0.1, -0.05) is 0 Å². The number of rotatable bonds is 10. The highest BCUT2D eigenvalue weighted by molar-refractivity contribution is 6.07. The molecule has 24 heavy (non-hydrogen) atoms. The van der Waals surface area contributed by atoms with Gasteiger partial charge in [0.2, 0.25) is 11.8 Å². The lowest BCUT2D eigenvalue weighted by molar-refractivity contribution is -0.137. The van der Waals surface area contributed by atoms with Crippen LogP contribution in [-0.4, -0.2) is 52.3 Å². The Labute approximate surface area is 141 Å². The second-order valence-electron chi connectivity index (χ2n) is 5.61. The highest BCUT2D eigenvalue weighted by Crippen LogP contribution is 2.46. The number of amides is 2. The van der Waals surface area contributed by atoms with Gasteiger partial charge < -0.3 is 24.8 Å². The molecule has 0 aliphatic heterocycles. The first-order valence-corrected chi connectivity index (χ1v) is 7.95. The molecular formula is C17H24N2O5. The van der Waals surface area contributed by atoms with Crippen LogP contribution in [0.4, 0.5) is 0 Å². The highest BCUT2D eigenvalue weighted by atomic mass is 16.5.